The molecule has 0 aliphatic carbocycles. The molecule has 0 radical (unpaired) electrons. The van der Waals surface area contributed by atoms with E-state index >= 15 is 8.78 Å². The van der Waals surface area contributed by atoms with Crippen molar-refractivity contribution in [1.82, 2.24) is 59.6 Å². The molecule has 25 heteroatoms. The van der Waals surface area contributed by atoms with Crippen molar-refractivity contribution in [3.05, 3.63) is 71.2 Å². The third-order valence-corrected chi connectivity index (χ3v) is 19.3. The second-order valence-electron chi connectivity index (χ2n) is 26.0. The summed E-state index contributed by atoms with van der Waals surface area (Å²) in [7, 11) is -3.86. The maximum absolute atomic E-state index is 15.2. The lowest BCUT2D eigenvalue weighted by Crippen LogP contribution is -2.65. The molecule has 22 nitrogen and oxygen atoms in total. The molecule has 3 atom stereocenters. The number of aromatic amines is 1. The number of fused-ring (bicyclic) bond motifs is 2. The standard InChI is InChI=1S/C60H85F2N15O7S/c1-14-16-60(61,62)43-25-47-51(63-30-43)59(12,13)36-77(47)50(78)35-75-32-39(3)76(56(80)84-57(6,7)8)34-44(75)33-73-22-23-74(31-38(73)2)55-64-28-42(29-65-55)54(79)72-20-18-71(19-21-72)17-15-24-83-48-27-46-45(26-49(48)85(81,82)58(9,10)11)53(67-37-66-46)68-52-40(4)41(5)69-70-52/h25-30,37-39,44H,14-24,31-36H2,1-13H3,(H2,66,67,68,69,70)/t38-,39-,44+/m1/s1. The molecule has 3 fully saturated rings. The number of alkyl halides is 2. The van der Waals surface area contributed by atoms with Gasteiger partial charge >= 0.3 is 6.09 Å². The van der Waals surface area contributed by atoms with Crippen LogP contribution < -0.4 is 19.9 Å². The molecule has 2 N–H and O–H groups in total. The van der Waals surface area contributed by atoms with E-state index in [4.69, 9.17) is 9.47 Å². The number of aryl methyl sites for hydroxylation is 1. The zero-order valence-electron chi connectivity index (χ0n) is 51.6. The van der Waals surface area contributed by atoms with Crippen LogP contribution in [0.5, 0.6) is 5.75 Å². The van der Waals surface area contributed by atoms with E-state index in [0.29, 0.717) is 137 Å². The van der Waals surface area contributed by atoms with Crippen LogP contribution in [0.4, 0.5) is 36.8 Å². The minimum atomic E-state index is -3.86. The number of pyridine rings is 1. The molecule has 5 aromatic rings. The first-order valence-corrected chi connectivity index (χ1v) is 31.1. The van der Waals surface area contributed by atoms with E-state index < -0.39 is 37.6 Å². The van der Waals surface area contributed by atoms with E-state index in [2.05, 4.69) is 67.0 Å². The van der Waals surface area contributed by atoms with Gasteiger partial charge in [-0.2, -0.15) is 5.10 Å². The Morgan fingerprint density at radius 2 is 1.56 bits per heavy atom. The number of amides is 3. The maximum Gasteiger partial charge on any atom is 0.410 e. The first-order chi connectivity index (χ1) is 39.9. The summed E-state index contributed by atoms with van der Waals surface area (Å²) in [6, 6.07) is 4.17. The van der Waals surface area contributed by atoms with Crippen LogP contribution in [0.3, 0.4) is 0 Å². The molecule has 462 valence electrons. The molecular formula is C60H85F2N15O7S. The van der Waals surface area contributed by atoms with Crippen molar-refractivity contribution in [1.29, 1.82) is 0 Å². The fourth-order valence-electron chi connectivity index (χ4n) is 11.6. The highest BCUT2D eigenvalue weighted by molar-refractivity contribution is 7.92. The number of benzene rings is 1. The van der Waals surface area contributed by atoms with Gasteiger partial charge in [0.25, 0.3) is 11.8 Å². The highest BCUT2D eigenvalue weighted by Crippen LogP contribution is 2.43. The number of anilines is 4. The second kappa shape index (κ2) is 24.6. The van der Waals surface area contributed by atoms with Gasteiger partial charge in [-0.3, -0.25) is 34.4 Å². The molecule has 1 aromatic carbocycles. The summed E-state index contributed by atoms with van der Waals surface area (Å²) in [5, 5.41) is 11.0. The van der Waals surface area contributed by atoms with Gasteiger partial charge in [-0.15, -0.1) is 0 Å². The molecule has 0 bridgehead atoms. The highest BCUT2D eigenvalue weighted by atomic mass is 32.2. The van der Waals surface area contributed by atoms with Crippen LogP contribution in [0.2, 0.25) is 0 Å². The topological polar surface area (TPSA) is 232 Å². The summed E-state index contributed by atoms with van der Waals surface area (Å²) in [6.07, 6.45) is 6.03. The highest BCUT2D eigenvalue weighted by Gasteiger charge is 2.45. The van der Waals surface area contributed by atoms with Gasteiger partial charge in [0, 0.05) is 155 Å². The Morgan fingerprint density at radius 1 is 0.847 bits per heavy atom. The van der Waals surface area contributed by atoms with Crippen molar-refractivity contribution in [3.8, 4) is 5.75 Å². The first-order valence-electron chi connectivity index (χ1n) is 29.6. The summed E-state index contributed by atoms with van der Waals surface area (Å²) in [5.74, 6) is -1.69. The zero-order chi connectivity index (χ0) is 61.6. The number of ether oxygens (including phenoxy) is 2. The number of hydrogen-bond donors (Lipinski definition) is 2. The van der Waals surface area contributed by atoms with Crippen molar-refractivity contribution >= 4 is 61.9 Å². The van der Waals surface area contributed by atoms with Crippen molar-refractivity contribution < 1.29 is 41.1 Å². The lowest BCUT2D eigenvalue weighted by molar-refractivity contribution is -0.121. The Labute approximate surface area is 498 Å². The fourth-order valence-corrected chi connectivity index (χ4v) is 12.9. The Balaban J connectivity index is 0.785. The number of H-pyrrole nitrogens is 1. The fraction of sp³-hybridized carbons (Fsp3) is 0.617. The van der Waals surface area contributed by atoms with Gasteiger partial charge in [0.05, 0.1) is 40.4 Å². The number of sulfone groups is 1. The number of nitrogens with one attached hydrogen (secondary N) is 2. The van der Waals surface area contributed by atoms with Crippen molar-refractivity contribution in [3.63, 3.8) is 0 Å². The van der Waals surface area contributed by atoms with Crippen molar-refractivity contribution in [2.45, 2.75) is 154 Å². The first kappa shape index (κ1) is 62.8. The predicted octanol–water partition coefficient (Wildman–Crippen LogP) is 7.73. The van der Waals surface area contributed by atoms with E-state index in [1.165, 1.54) is 18.6 Å². The lowest BCUT2D eigenvalue weighted by atomic mass is 9.91. The third kappa shape index (κ3) is 13.8. The average Bonchev–Trinajstić information content (AvgIpc) is 1.97. The molecule has 3 amide bonds. The molecule has 85 heavy (non-hydrogen) atoms. The van der Waals surface area contributed by atoms with Gasteiger partial charge < -0.3 is 34.4 Å². The Bertz CT molecular complexity index is 3360. The third-order valence-electron chi connectivity index (χ3n) is 16.8. The van der Waals surface area contributed by atoms with Crippen LogP contribution in [0.1, 0.15) is 128 Å². The van der Waals surface area contributed by atoms with Crippen LogP contribution in [-0.4, -0.2) is 206 Å². The second-order valence-corrected chi connectivity index (χ2v) is 28.6. The van der Waals surface area contributed by atoms with Crippen LogP contribution >= 0.6 is 0 Å². The molecule has 4 aliphatic rings. The monoisotopic (exact) mass is 1200 g/mol. The maximum atomic E-state index is 15.2. The minimum Gasteiger partial charge on any atom is -0.492 e. The smallest absolute Gasteiger partial charge is 0.410 e. The number of aromatic nitrogens is 7. The number of piperazine rings is 3. The Kier molecular flexibility index (Phi) is 18.2. The van der Waals surface area contributed by atoms with Gasteiger partial charge in [0.2, 0.25) is 11.9 Å². The number of carbonyl (C=O) groups excluding carboxylic acids is 3. The van der Waals surface area contributed by atoms with Crippen molar-refractivity contribution in [2.24, 2.45) is 0 Å². The molecule has 0 saturated carbocycles. The van der Waals surface area contributed by atoms with E-state index in [1.807, 2.05) is 60.3 Å². The Morgan fingerprint density at radius 3 is 2.21 bits per heavy atom. The molecule has 3 saturated heterocycles. The molecule has 0 spiro atoms. The van der Waals surface area contributed by atoms with Gasteiger partial charge in [-0.1, -0.05) is 27.2 Å². The SMILES string of the molecule is CCCC(F)(F)c1cnc2c(c1)N(C(=O)CN1C[C@@H](C)N(C(=O)OC(C)(C)C)C[C@@H]1CN1CCN(c3ncc(C(=O)N4CCN(CCCOc5cc6ncnc(Nc7n[nH]c(C)c7C)c6cc5S(=O)(=O)C(C)(C)C)CC4)cn3)C[C@H]1C)CC2(C)C. The lowest BCUT2D eigenvalue weighted by Gasteiger charge is -2.48. The summed E-state index contributed by atoms with van der Waals surface area (Å²) in [4.78, 5) is 78.8. The largest absolute Gasteiger partial charge is 0.492 e. The summed E-state index contributed by atoms with van der Waals surface area (Å²) < 4.78 is 69.5. The number of halogens is 2. The average molecular weight is 1200 g/mol. The normalized spacial score (nSPS) is 20.2. The molecular weight excluding hydrogens is 1110 g/mol. The molecule has 0 unspecified atom stereocenters. The molecule has 8 heterocycles. The molecule has 4 aromatic heterocycles. The van der Waals surface area contributed by atoms with Gasteiger partial charge in [0.15, 0.2) is 15.7 Å². The molecule has 9 rings (SSSR count). The van der Waals surface area contributed by atoms with Crippen LogP contribution in [-0.2, 0) is 30.7 Å². The van der Waals surface area contributed by atoms with E-state index in [1.54, 1.807) is 62.0 Å². The van der Waals surface area contributed by atoms with Crippen molar-refractivity contribution in [2.75, 3.05) is 107 Å². The number of carbonyl (C=O) groups is 3. The van der Waals surface area contributed by atoms with Crippen LogP contribution in [0, 0.1) is 13.8 Å². The summed E-state index contributed by atoms with van der Waals surface area (Å²) in [5.41, 5.74) is 2.32. The summed E-state index contributed by atoms with van der Waals surface area (Å²) >= 11 is 0. The van der Waals surface area contributed by atoms with E-state index in [-0.39, 0.29) is 65.7 Å². The van der Waals surface area contributed by atoms with E-state index in [9.17, 15) is 22.8 Å². The molecule has 4 aliphatic heterocycles. The van der Waals surface area contributed by atoms with E-state index in [0.717, 1.165) is 11.3 Å². The van der Waals surface area contributed by atoms with Gasteiger partial charge in [0.1, 0.15) is 28.4 Å². The zero-order valence-corrected chi connectivity index (χ0v) is 52.4. The van der Waals surface area contributed by atoms with Gasteiger partial charge in [-0.05, 0) is 87.8 Å². The van der Waals surface area contributed by atoms with Gasteiger partial charge in [-0.25, -0.2) is 41.9 Å². The van der Waals surface area contributed by atoms with Crippen LogP contribution in [0.15, 0.2) is 48.0 Å². The Hall–Kier alpha value is -6.70. The number of hydrogen-bond acceptors (Lipinski definition) is 18. The number of rotatable bonds is 17. The minimum absolute atomic E-state index is 0.0174. The quantitative estimate of drug-likeness (QED) is 0.0848. The predicted molar refractivity (Wildman–Crippen MR) is 322 cm³/mol. The van der Waals surface area contributed by atoms with Crippen LogP contribution in [0.25, 0.3) is 10.9 Å². The number of nitrogens with zero attached hydrogens (tertiary/aromatic N) is 13. The summed E-state index contributed by atoms with van der Waals surface area (Å²) in [6.45, 7) is 30.7.